The summed E-state index contributed by atoms with van der Waals surface area (Å²) >= 11 is 0. The second-order valence-electron chi connectivity index (χ2n) is 6.21. The average Bonchev–Trinajstić information content (AvgIpc) is 2.50. The molecule has 1 unspecified atom stereocenters. The molecule has 0 aliphatic heterocycles. The summed E-state index contributed by atoms with van der Waals surface area (Å²) in [6, 6.07) is 1.59. The summed E-state index contributed by atoms with van der Waals surface area (Å²) in [5.41, 5.74) is -0.0869. The predicted octanol–water partition coefficient (Wildman–Crippen LogP) is 3.38. The lowest BCUT2D eigenvalue weighted by molar-refractivity contribution is -0.161. The van der Waals surface area contributed by atoms with Crippen molar-refractivity contribution in [3.63, 3.8) is 0 Å². The van der Waals surface area contributed by atoms with E-state index in [-0.39, 0.29) is 30.0 Å². The molecule has 0 radical (unpaired) electrons. The zero-order valence-electron chi connectivity index (χ0n) is 14.2. The van der Waals surface area contributed by atoms with Gasteiger partial charge >= 0.3 is 6.18 Å². The molecule has 0 saturated heterocycles. The van der Waals surface area contributed by atoms with Gasteiger partial charge in [0.25, 0.3) is 0 Å². The van der Waals surface area contributed by atoms with E-state index in [4.69, 9.17) is 5.26 Å². The number of alkyl halides is 3. The Bertz CT molecular complexity index is 638. The number of carbonyl (C=O) groups excluding carboxylic acids is 1. The number of halogens is 4. The van der Waals surface area contributed by atoms with E-state index in [1.807, 2.05) is 0 Å². The van der Waals surface area contributed by atoms with Gasteiger partial charge in [0, 0.05) is 0 Å². The first-order chi connectivity index (χ1) is 11.6. The Kier molecular flexibility index (Phi) is 7.37. The molecule has 0 aromatic heterocycles. The monoisotopic (exact) mass is 359 g/mol. The first-order valence-electron chi connectivity index (χ1n) is 7.79. The first-order valence-corrected chi connectivity index (χ1v) is 7.79. The number of rotatable bonds is 7. The zero-order valence-corrected chi connectivity index (χ0v) is 14.2. The minimum absolute atomic E-state index is 0.0471. The maximum Gasteiger partial charge on any atom is 0.407 e. The number of nitrogens with zero attached hydrogens (tertiary/aromatic N) is 1. The molecule has 0 saturated carbocycles. The minimum Gasteiger partial charge on any atom is -0.342 e. The highest BCUT2D eigenvalue weighted by Crippen LogP contribution is 2.34. The third-order valence-electron chi connectivity index (χ3n) is 3.58. The standard InChI is InChI=1S/C17H21F4N3O/c1-10(2)8-14(16(25)23-7-6-22)24-15(17(19,20)21)12-4-5-13(18)11(3)9-12/h4-5,9-10,14-15,24H,7-8H2,1-3H3,(H,23,25)/t14-,15?/m0/s1. The van der Waals surface area contributed by atoms with E-state index in [0.29, 0.717) is 0 Å². The van der Waals surface area contributed by atoms with Crippen LogP contribution >= 0.6 is 0 Å². The van der Waals surface area contributed by atoms with Crippen molar-refractivity contribution < 1.29 is 22.4 Å². The summed E-state index contributed by atoms with van der Waals surface area (Å²) in [6.07, 6.45) is -4.51. The summed E-state index contributed by atoms with van der Waals surface area (Å²) in [6.45, 7) is 4.63. The quantitative estimate of drug-likeness (QED) is 0.579. The molecular weight excluding hydrogens is 338 g/mol. The largest absolute Gasteiger partial charge is 0.407 e. The van der Waals surface area contributed by atoms with E-state index in [1.165, 1.54) is 6.92 Å². The van der Waals surface area contributed by atoms with Crippen LogP contribution in [-0.2, 0) is 4.79 Å². The van der Waals surface area contributed by atoms with Crippen LogP contribution in [0.15, 0.2) is 18.2 Å². The normalized spacial score (nSPS) is 14.0. The molecular formula is C17H21F4N3O. The molecule has 1 aromatic rings. The summed E-state index contributed by atoms with van der Waals surface area (Å²) in [4.78, 5) is 12.1. The van der Waals surface area contributed by atoms with Gasteiger partial charge in [0.2, 0.25) is 5.91 Å². The number of nitriles is 1. The van der Waals surface area contributed by atoms with Gasteiger partial charge in [-0.05, 0) is 36.5 Å². The van der Waals surface area contributed by atoms with Crippen molar-refractivity contribution in [3.8, 4) is 6.07 Å². The maximum atomic E-state index is 13.5. The van der Waals surface area contributed by atoms with Crippen molar-refractivity contribution in [3.05, 3.63) is 35.1 Å². The molecule has 1 aromatic carbocycles. The topological polar surface area (TPSA) is 64.9 Å². The first kappa shape index (κ1) is 20.9. The van der Waals surface area contributed by atoms with Crippen LogP contribution in [0.4, 0.5) is 17.6 Å². The number of nitrogens with one attached hydrogen (secondary N) is 2. The van der Waals surface area contributed by atoms with Crippen molar-refractivity contribution in [2.45, 2.75) is 45.5 Å². The smallest absolute Gasteiger partial charge is 0.342 e. The molecule has 0 spiro atoms. The Hall–Kier alpha value is -2.14. The minimum atomic E-state index is -4.67. The molecule has 1 rings (SSSR count). The number of benzene rings is 1. The Morgan fingerprint density at radius 1 is 1.32 bits per heavy atom. The van der Waals surface area contributed by atoms with Crippen LogP contribution < -0.4 is 10.6 Å². The number of hydrogen-bond donors (Lipinski definition) is 2. The molecule has 138 valence electrons. The van der Waals surface area contributed by atoms with Gasteiger partial charge in [-0.15, -0.1) is 0 Å². The van der Waals surface area contributed by atoms with Crippen LogP contribution in [0, 0.1) is 30.0 Å². The maximum absolute atomic E-state index is 13.5. The fraction of sp³-hybridized carbons (Fsp3) is 0.529. The second kappa shape index (κ2) is 8.81. The van der Waals surface area contributed by atoms with Crippen molar-refractivity contribution in [1.82, 2.24) is 10.6 Å². The van der Waals surface area contributed by atoms with E-state index in [2.05, 4.69) is 10.6 Å². The molecule has 0 heterocycles. The van der Waals surface area contributed by atoms with Gasteiger partial charge in [0.15, 0.2) is 0 Å². The van der Waals surface area contributed by atoms with E-state index < -0.39 is 30.0 Å². The summed E-state index contributed by atoms with van der Waals surface area (Å²) in [7, 11) is 0. The predicted molar refractivity (Wildman–Crippen MR) is 84.9 cm³/mol. The highest BCUT2D eigenvalue weighted by atomic mass is 19.4. The molecule has 2 N–H and O–H groups in total. The number of carbonyl (C=O) groups is 1. The fourth-order valence-electron chi connectivity index (χ4n) is 2.40. The van der Waals surface area contributed by atoms with Crippen molar-refractivity contribution in [1.29, 1.82) is 5.26 Å². The molecule has 0 aliphatic carbocycles. The molecule has 8 heteroatoms. The molecule has 4 nitrogen and oxygen atoms in total. The lowest BCUT2D eigenvalue weighted by Gasteiger charge is -2.28. The van der Waals surface area contributed by atoms with Gasteiger partial charge in [-0.3, -0.25) is 10.1 Å². The van der Waals surface area contributed by atoms with Crippen LogP contribution in [0.2, 0.25) is 0 Å². The average molecular weight is 359 g/mol. The molecule has 0 aliphatic rings. The van der Waals surface area contributed by atoms with Gasteiger partial charge in [-0.25, -0.2) is 4.39 Å². The highest BCUT2D eigenvalue weighted by Gasteiger charge is 2.43. The summed E-state index contributed by atoms with van der Waals surface area (Å²) in [5, 5.41) is 13.1. The van der Waals surface area contributed by atoms with Gasteiger partial charge in [-0.2, -0.15) is 18.4 Å². The second-order valence-corrected chi connectivity index (χ2v) is 6.21. The van der Waals surface area contributed by atoms with E-state index >= 15 is 0 Å². The number of hydrogen-bond acceptors (Lipinski definition) is 3. The third-order valence-corrected chi connectivity index (χ3v) is 3.58. The van der Waals surface area contributed by atoms with Crippen LogP contribution in [0.1, 0.15) is 37.4 Å². The van der Waals surface area contributed by atoms with Crippen molar-refractivity contribution >= 4 is 5.91 Å². The van der Waals surface area contributed by atoms with Gasteiger partial charge in [-0.1, -0.05) is 26.0 Å². The highest BCUT2D eigenvalue weighted by molar-refractivity contribution is 5.82. The Labute approximate surface area is 144 Å². The summed E-state index contributed by atoms with van der Waals surface area (Å²) < 4.78 is 53.9. The van der Waals surface area contributed by atoms with Gasteiger partial charge in [0.05, 0.1) is 12.1 Å². The number of amides is 1. The van der Waals surface area contributed by atoms with E-state index in [0.717, 1.165) is 18.2 Å². The third kappa shape index (κ3) is 6.35. The van der Waals surface area contributed by atoms with Gasteiger partial charge in [0.1, 0.15) is 18.4 Å². The van der Waals surface area contributed by atoms with Crippen LogP contribution in [-0.4, -0.2) is 24.7 Å². The molecule has 0 bridgehead atoms. The molecule has 25 heavy (non-hydrogen) atoms. The molecule has 2 atom stereocenters. The SMILES string of the molecule is Cc1cc(C(N[C@@H](CC(C)C)C(=O)NCC#N)C(F)(F)F)ccc1F. The van der Waals surface area contributed by atoms with Gasteiger partial charge < -0.3 is 5.32 Å². The van der Waals surface area contributed by atoms with Crippen molar-refractivity contribution in [2.24, 2.45) is 5.92 Å². The molecule has 1 amide bonds. The lowest BCUT2D eigenvalue weighted by Crippen LogP contribution is -2.49. The Balaban J connectivity index is 3.13. The zero-order chi connectivity index (χ0) is 19.2. The van der Waals surface area contributed by atoms with Crippen LogP contribution in [0.25, 0.3) is 0 Å². The summed E-state index contributed by atoms with van der Waals surface area (Å²) in [5.74, 6) is -1.33. The molecule has 0 fully saturated rings. The Morgan fingerprint density at radius 2 is 1.96 bits per heavy atom. The van der Waals surface area contributed by atoms with Crippen molar-refractivity contribution in [2.75, 3.05) is 6.54 Å². The lowest BCUT2D eigenvalue weighted by atomic mass is 9.98. The number of aryl methyl sites for hydroxylation is 1. The van der Waals surface area contributed by atoms with Crippen LogP contribution in [0.5, 0.6) is 0 Å². The van der Waals surface area contributed by atoms with E-state index in [9.17, 15) is 22.4 Å². The van der Waals surface area contributed by atoms with E-state index in [1.54, 1.807) is 19.9 Å². The Morgan fingerprint density at radius 3 is 2.44 bits per heavy atom. The fourth-order valence-corrected chi connectivity index (χ4v) is 2.40. The van der Waals surface area contributed by atoms with Crippen LogP contribution in [0.3, 0.4) is 0 Å².